The van der Waals surface area contributed by atoms with E-state index in [0.717, 1.165) is 59.6 Å². The Balaban J connectivity index is 1.06. The van der Waals surface area contributed by atoms with Crippen molar-refractivity contribution in [1.29, 1.82) is 0 Å². The third-order valence-electron chi connectivity index (χ3n) is 12.8. The first-order valence-corrected chi connectivity index (χ1v) is 18.2. The summed E-state index contributed by atoms with van der Waals surface area (Å²) in [5.74, 6) is 1.17. The van der Waals surface area contributed by atoms with Gasteiger partial charge in [-0.2, -0.15) is 0 Å². The molecule has 4 bridgehead atoms. The van der Waals surface area contributed by atoms with Crippen LogP contribution in [0.5, 0.6) is 5.88 Å². The minimum absolute atomic E-state index is 0.00802. The molecule has 4 saturated carbocycles. The number of ether oxygens (including phenoxy) is 1. The van der Waals surface area contributed by atoms with Crippen molar-refractivity contribution in [3.05, 3.63) is 47.3 Å². The van der Waals surface area contributed by atoms with E-state index in [1.165, 1.54) is 12.8 Å². The third-order valence-corrected chi connectivity index (χ3v) is 12.8. The number of aryl methyl sites for hydroxylation is 1. The van der Waals surface area contributed by atoms with Gasteiger partial charge in [0.15, 0.2) is 5.88 Å². The molecule has 4 aliphatic carbocycles. The van der Waals surface area contributed by atoms with Gasteiger partial charge in [0.2, 0.25) is 5.91 Å². The van der Waals surface area contributed by atoms with E-state index in [4.69, 9.17) is 20.4 Å². The normalized spacial score (nSPS) is 29.7. The molecular weight excluding hydrogens is 621 g/mol. The molecule has 10 rings (SSSR count). The molecule has 2 aliphatic heterocycles. The van der Waals surface area contributed by atoms with Gasteiger partial charge in [-0.3, -0.25) is 14.0 Å². The average Bonchev–Trinajstić information content (AvgIpc) is 3.42. The number of imidazole rings is 1. The van der Waals surface area contributed by atoms with E-state index >= 15 is 0 Å². The number of aromatic nitrogens is 4. The maximum absolute atomic E-state index is 14.8. The van der Waals surface area contributed by atoms with Crippen molar-refractivity contribution < 1.29 is 18.7 Å². The lowest BCUT2D eigenvalue weighted by Gasteiger charge is -2.48. The molecule has 6 aliphatic rings. The highest BCUT2D eigenvalue weighted by Gasteiger charge is 2.53. The van der Waals surface area contributed by atoms with Gasteiger partial charge in [0.25, 0.3) is 5.91 Å². The van der Waals surface area contributed by atoms with E-state index in [9.17, 15) is 14.0 Å². The molecule has 0 unspecified atom stereocenters. The van der Waals surface area contributed by atoms with Crippen LogP contribution in [0.4, 0.5) is 4.39 Å². The van der Waals surface area contributed by atoms with Gasteiger partial charge in [0.1, 0.15) is 22.7 Å². The van der Waals surface area contributed by atoms with Gasteiger partial charge >= 0.3 is 0 Å². The zero-order valence-electron chi connectivity index (χ0n) is 28.7. The van der Waals surface area contributed by atoms with Crippen LogP contribution >= 0.6 is 0 Å². The summed E-state index contributed by atoms with van der Waals surface area (Å²) in [6, 6.07) is 9.99. The highest BCUT2D eigenvalue weighted by molar-refractivity contribution is 5.97. The fourth-order valence-corrected chi connectivity index (χ4v) is 9.52. The number of halogens is 1. The maximum atomic E-state index is 14.8. The summed E-state index contributed by atoms with van der Waals surface area (Å²) in [6.45, 7) is 4.86. The number of nitrogens with one attached hydrogen (secondary N) is 1. The van der Waals surface area contributed by atoms with Crippen molar-refractivity contribution in [2.45, 2.75) is 121 Å². The Bertz CT molecular complexity index is 1990. The number of rotatable bonds is 8. The molecule has 49 heavy (non-hydrogen) atoms. The molecule has 10 nitrogen and oxygen atoms in total. The second-order valence-corrected chi connectivity index (χ2v) is 15.8. The van der Waals surface area contributed by atoms with Crippen molar-refractivity contribution in [1.82, 2.24) is 29.2 Å². The number of nitrogens with zero attached hydrogens (tertiary/aromatic N) is 5. The summed E-state index contributed by atoms with van der Waals surface area (Å²) in [6.07, 6.45) is 8.48. The van der Waals surface area contributed by atoms with Crippen molar-refractivity contribution in [3.8, 4) is 17.3 Å². The number of amides is 2. The van der Waals surface area contributed by atoms with E-state index in [1.54, 1.807) is 7.11 Å². The first-order valence-electron chi connectivity index (χ1n) is 18.2. The largest absolute Gasteiger partial charge is 0.482 e. The number of alkyl halides is 1. The summed E-state index contributed by atoms with van der Waals surface area (Å²) in [4.78, 5) is 39.7. The molecule has 258 valence electrons. The van der Waals surface area contributed by atoms with Crippen molar-refractivity contribution in [2.75, 3.05) is 7.11 Å². The summed E-state index contributed by atoms with van der Waals surface area (Å²) in [5, 5.41) is 4.27. The summed E-state index contributed by atoms with van der Waals surface area (Å²) >= 11 is 0. The van der Waals surface area contributed by atoms with Crippen LogP contribution in [-0.4, -0.2) is 66.6 Å². The molecule has 0 spiro atoms. The minimum Gasteiger partial charge on any atom is -0.482 e. The highest BCUT2D eigenvalue weighted by Crippen LogP contribution is 2.54. The Hall–Kier alpha value is -3.99. The Labute approximate surface area is 285 Å². The fraction of sp³-hybridized carbons (Fsp3) is 0.579. The molecule has 4 aromatic rings. The van der Waals surface area contributed by atoms with Crippen LogP contribution < -0.4 is 15.8 Å². The predicted molar refractivity (Wildman–Crippen MR) is 184 cm³/mol. The number of nitrogens with two attached hydrogens (primary N) is 1. The zero-order chi connectivity index (χ0) is 33.8. The lowest BCUT2D eigenvalue weighted by molar-refractivity contribution is -0.142. The number of hydrogen-bond acceptors (Lipinski definition) is 6. The monoisotopic (exact) mass is 667 g/mol. The highest BCUT2D eigenvalue weighted by atomic mass is 19.1. The second-order valence-electron chi connectivity index (χ2n) is 15.8. The number of pyridine rings is 2. The predicted octanol–water partition coefficient (Wildman–Crippen LogP) is 6.02. The number of hydrogen-bond donors (Lipinski definition) is 2. The Morgan fingerprint density at radius 2 is 1.82 bits per heavy atom. The lowest BCUT2D eigenvalue weighted by atomic mass is 9.59. The Kier molecular flexibility index (Phi) is 6.97. The van der Waals surface area contributed by atoms with E-state index in [0.29, 0.717) is 61.5 Å². The van der Waals surface area contributed by atoms with Gasteiger partial charge in [0, 0.05) is 47.1 Å². The molecule has 2 amide bonds. The van der Waals surface area contributed by atoms with Crippen LogP contribution in [0.2, 0.25) is 0 Å². The van der Waals surface area contributed by atoms with Crippen molar-refractivity contribution in [3.63, 3.8) is 0 Å². The summed E-state index contributed by atoms with van der Waals surface area (Å²) in [5.41, 5.74) is 10.5. The molecule has 0 radical (unpaired) electrons. The van der Waals surface area contributed by atoms with E-state index in [1.807, 2.05) is 41.3 Å². The lowest BCUT2D eigenvalue weighted by Crippen LogP contribution is -2.51. The van der Waals surface area contributed by atoms with Gasteiger partial charge in [0.05, 0.1) is 30.2 Å². The molecule has 11 heteroatoms. The van der Waals surface area contributed by atoms with Crippen LogP contribution in [0.15, 0.2) is 30.3 Å². The summed E-state index contributed by atoms with van der Waals surface area (Å²) in [7, 11) is 1.63. The first-order chi connectivity index (χ1) is 23.6. The zero-order valence-corrected chi connectivity index (χ0v) is 28.7. The summed E-state index contributed by atoms with van der Waals surface area (Å²) < 4.78 is 24.9. The number of fused-ring (bicyclic) bond motifs is 7. The molecule has 4 atom stereocenters. The second kappa shape index (κ2) is 11.0. The van der Waals surface area contributed by atoms with Crippen LogP contribution in [0.25, 0.3) is 28.1 Å². The molecule has 2 saturated heterocycles. The molecule has 6 fully saturated rings. The van der Waals surface area contributed by atoms with Crippen LogP contribution in [0.1, 0.15) is 105 Å². The molecule has 3 N–H and O–H groups in total. The SMILES string of the molecule is COc1cc(C(=O)N2[C@H]3CC[C@@H]2[C@H](N)C3)cc2nc(-c3cc4ccc([C@@H](C)NC(=O)C56CCC(F)(CC5)CC6)nc4n3CC3CC3)c(C)n12. The van der Waals surface area contributed by atoms with Gasteiger partial charge in [-0.1, -0.05) is 0 Å². The topological polar surface area (TPSA) is 120 Å². The van der Waals surface area contributed by atoms with E-state index in [-0.39, 0.29) is 36.0 Å². The Morgan fingerprint density at radius 3 is 2.47 bits per heavy atom. The minimum atomic E-state index is -1.07. The maximum Gasteiger partial charge on any atom is 0.254 e. The van der Waals surface area contributed by atoms with Crippen LogP contribution in [0, 0.1) is 18.3 Å². The quantitative estimate of drug-likeness (QED) is 0.237. The van der Waals surface area contributed by atoms with Gasteiger partial charge < -0.3 is 25.3 Å². The Morgan fingerprint density at radius 1 is 1.06 bits per heavy atom. The molecular formula is C38H46FN7O3. The fourth-order valence-electron chi connectivity index (χ4n) is 9.52. The average molecular weight is 668 g/mol. The van der Waals surface area contributed by atoms with Gasteiger partial charge in [-0.05, 0) is 115 Å². The van der Waals surface area contributed by atoms with Crippen molar-refractivity contribution in [2.24, 2.45) is 17.1 Å². The standard InChI is InChI=1S/C38H46FN7O3/c1-21(41-36(48)37-10-13-38(39,14-11-37)15-12-37)28-8-6-24-16-30(44(34(24)42-28)20-23-4-5-23)33-22(2)45-31(43-33)17-25(18-32(45)49-3)35(47)46-26-7-9-29(46)27(40)19-26/h6,8,16-18,21,23,26-27,29H,4-5,7,9-15,19-20,40H2,1-3H3,(H,41,48)/t21-,26+,27-,29-,37?,38?/m1/s1. The van der Waals surface area contributed by atoms with Crippen molar-refractivity contribution >= 4 is 28.5 Å². The van der Waals surface area contributed by atoms with Gasteiger partial charge in [-0.15, -0.1) is 0 Å². The van der Waals surface area contributed by atoms with E-state index < -0.39 is 11.1 Å². The van der Waals surface area contributed by atoms with Crippen LogP contribution in [-0.2, 0) is 11.3 Å². The number of carbonyl (C=O) groups is 2. The van der Waals surface area contributed by atoms with E-state index in [2.05, 4.69) is 22.0 Å². The molecule has 0 aromatic carbocycles. The number of methoxy groups -OCH3 is 1. The van der Waals surface area contributed by atoms with Gasteiger partial charge in [-0.25, -0.2) is 14.4 Å². The number of carbonyl (C=O) groups excluding carboxylic acids is 2. The first kappa shape index (κ1) is 31.0. The molecule has 4 aromatic heterocycles. The molecule has 6 heterocycles. The third kappa shape index (κ3) is 4.89. The van der Waals surface area contributed by atoms with Crippen LogP contribution in [0.3, 0.4) is 0 Å². The smallest absolute Gasteiger partial charge is 0.254 e.